The lowest BCUT2D eigenvalue weighted by molar-refractivity contribution is 0.105. The molecule has 0 amide bonds. The van der Waals surface area contributed by atoms with E-state index in [2.05, 4.69) is 4.72 Å². The Labute approximate surface area is 143 Å². The van der Waals surface area contributed by atoms with Crippen molar-refractivity contribution >= 4 is 10.0 Å². The first-order valence-corrected chi connectivity index (χ1v) is 9.24. The standard InChI is InChI=1S/C18H23NO4S/c1-4-14-9-11-15(12-10-14)24(20,21)19-13-18(23-3)16-7-5-6-8-17(16)22-2/h5-12,18-19H,4,13H2,1-3H3. The van der Waals surface area contributed by atoms with Crippen LogP contribution in [-0.4, -0.2) is 29.2 Å². The molecule has 0 aliphatic carbocycles. The molecule has 2 aromatic carbocycles. The highest BCUT2D eigenvalue weighted by atomic mass is 32.2. The summed E-state index contributed by atoms with van der Waals surface area (Å²) in [6, 6.07) is 14.3. The van der Waals surface area contributed by atoms with Crippen molar-refractivity contribution in [1.29, 1.82) is 0 Å². The molecule has 0 aliphatic rings. The average molecular weight is 349 g/mol. The zero-order chi connectivity index (χ0) is 17.6. The summed E-state index contributed by atoms with van der Waals surface area (Å²) in [5.74, 6) is 0.663. The summed E-state index contributed by atoms with van der Waals surface area (Å²) in [6.45, 7) is 2.15. The minimum absolute atomic E-state index is 0.120. The van der Waals surface area contributed by atoms with Gasteiger partial charge in [0.2, 0.25) is 10.0 Å². The molecule has 0 spiro atoms. The van der Waals surface area contributed by atoms with Crippen molar-refractivity contribution < 1.29 is 17.9 Å². The fourth-order valence-electron chi connectivity index (χ4n) is 2.43. The molecule has 2 aromatic rings. The van der Waals surface area contributed by atoms with Gasteiger partial charge in [-0.25, -0.2) is 13.1 Å². The van der Waals surface area contributed by atoms with E-state index in [1.807, 2.05) is 43.3 Å². The molecule has 2 rings (SSSR count). The van der Waals surface area contributed by atoms with Crippen LogP contribution in [0.3, 0.4) is 0 Å². The number of para-hydroxylation sites is 1. The summed E-state index contributed by atoms with van der Waals surface area (Å²) in [4.78, 5) is 0.245. The van der Waals surface area contributed by atoms with Crippen molar-refractivity contribution in [2.45, 2.75) is 24.3 Å². The molecule has 5 nitrogen and oxygen atoms in total. The van der Waals surface area contributed by atoms with Gasteiger partial charge in [-0.3, -0.25) is 0 Å². The predicted octanol–water partition coefficient (Wildman–Crippen LogP) is 2.92. The number of nitrogens with one attached hydrogen (secondary N) is 1. The van der Waals surface area contributed by atoms with Crippen molar-refractivity contribution in [3.8, 4) is 5.75 Å². The smallest absolute Gasteiger partial charge is 0.240 e. The van der Waals surface area contributed by atoms with E-state index in [1.165, 1.54) is 0 Å². The number of methoxy groups -OCH3 is 2. The number of rotatable bonds is 8. The number of hydrogen-bond donors (Lipinski definition) is 1. The van der Waals surface area contributed by atoms with Crippen molar-refractivity contribution in [3.05, 3.63) is 59.7 Å². The van der Waals surface area contributed by atoms with E-state index in [4.69, 9.17) is 9.47 Å². The Morgan fingerprint density at radius 2 is 1.71 bits per heavy atom. The van der Waals surface area contributed by atoms with Crippen LogP contribution in [-0.2, 0) is 21.2 Å². The Hall–Kier alpha value is -1.89. The lowest BCUT2D eigenvalue weighted by Gasteiger charge is -2.19. The second-order valence-corrected chi connectivity index (χ2v) is 7.08. The summed E-state index contributed by atoms with van der Waals surface area (Å²) in [7, 11) is -0.471. The van der Waals surface area contributed by atoms with Crippen molar-refractivity contribution in [2.24, 2.45) is 0 Å². The maximum absolute atomic E-state index is 12.4. The molecule has 0 aliphatic heterocycles. The zero-order valence-corrected chi connectivity index (χ0v) is 15.0. The molecule has 1 unspecified atom stereocenters. The molecule has 1 atom stereocenters. The Morgan fingerprint density at radius 1 is 1.04 bits per heavy atom. The second kappa shape index (κ2) is 8.28. The first kappa shape index (κ1) is 18.4. The highest BCUT2D eigenvalue weighted by Crippen LogP contribution is 2.26. The predicted molar refractivity (Wildman–Crippen MR) is 93.8 cm³/mol. The molecule has 130 valence electrons. The van der Waals surface area contributed by atoms with Crippen LogP contribution in [0.4, 0.5) is 0 Å². The number of benzene rings is 2. The molecule has 0 saturated carbocycles. The second-order valence-electron chi connectivity index (χ2n) is 5.32. The molecular weight excluding hydrogens is 326 g/mol. The topological polar surface area (TPSA) is 64.6 Å². The summed E-state index contributed by atoms with van der Waals surface area (Å²) < 4.78 is 38.2. The normalized spacial score (nSPS) is 12.8. The third-order valence-corrected chi connectivity index (χ3v) is 5.31. The Bertz CT molecular complexity index is 757. The van der Waals surface area contributed by atoms with Gasteiger partial charge in [-0.2, -0.15) is 0 Å². The Kier molecular flexibility index (Phi) is 6.36. The minimum Gasteiger partial charge on any atom is -0.496 e. The third kappa shape index (κ3) is 4.35. The van der Waals surface area contributed by atoms with Crippen LogP contribution >= 0.6 is 0 Å². The summed E-state index contributed by atoms with van der Waals surface area (Å²) in [5.41, 5.74) is 1.89. The fraction of sp³-hybridized carbons (Fsp3) is 0.333. The number of sulfonamides is 1. The molecule has 24 heavy (non-hydrogen) atoms. The Balaban J connectivity index is 2.14. The monoisotopic (exact) mass is 349 g/mol. The van der Waals surface area contributed by atoms with Crippen LogP contribution in [0, 0.1) is 0 Å². The van der Waals surface area contributed by atoms with E-state index in [9.17, 15) is 8.42 Å². The van der Waals surface area contributed by atoms with Gasteiger partial charge in [0.05, 0.1) is 18.1 Å². The minimum atomic E-state index is -3.59. The van der Waals surface area contributed by atoms with Gasteiger partial charge in [0, 0.05) is 19.2 Å². The third-order valence-electron chi connectivity index (χ3n) is 3.87. The quantitative estimate of drug-likeness (QED) is 0.796. The van der Waals surface area contributed by atoms with Crippen LogP contribution < -0.4 is 9.46 Å². The van der Waals surface area contributed by atoms with E-state index in [1.54, 1.807) is 26.4 Å². The molecule has 0 saturated heterocycles. The van der Waals surface area contributed by atoms with Crippen LogP contribution in [0.5, 0.6) is 5.75 Å². The fourth-order valence-corrected chi connectivity index (χ4v) is 3.46. The molecule has 0 fully saturated rings. The van der Waals surface area contributed by atoms with Crippen molar-refractivity contribution in [1.82, 2.24) is 4.72 Å². The first-order chi connectivity index (χ1) is 11.5. The van der Waals surface area contributed by atoms with Crippen LogP contribution in [0.2, 0.25) is 0 Å². The Morgan fingerprint density at radius 3 is 2.29 bits per heavy atom. The molecule has 0 heterocycles. The van der Waals surface area contributed by atoms with E-state index < -0.39 is 16.1 Å². The number of aryl methyl sites for hydroxylation is 1. The van der Waals surface area contributed by atoms with Gasteiger partial charge in [-0.15, -0.1) is 0 Å². The van der Waals surface area contributed by atoms with Crippen LogP contribution in [0.25, 0.3) is 0 Å². The molecule has 0 aromatic heterocycles. The maximum atomic E-state index is 12.4. The molecule has 0 bridgehead atoms. The van der Waals surface area contributed by atoms with Gasteiger partial charge in [-0.1, -0.05) is 37.3 Å². The summed E-state index contributed by atoms with van der Waals surface area (Å²) >= 11 is 0. The largest absolute Gasteiger partial charge is 0.496 e. The van der Waals surface area contributed by atoms with Gasteiger partial charge in [0.25, 0.3) is 0 Å². The highest BCUT2D eigenvalue weighted by molar-refractivity contribution is 7.89. The SMILES string of the molecule is CCc1ccc(S(=O)(=O)NCC(OC)c2ccccc2OC)cc1. The van der Waals surface area contributed by atoms with Crippen molar-refractivity contribution in [3.63, 3.8) is 0 Å². The van der Waals surface area contributed by atoms with E-state index >= 15 is 0 Å². The van der Waals surface area contributed by atoms with Crippen LogP contribution in [0.15, 0.2) is 53.4 Å². The average Bonchev–Trinajstić information content (AvgIpc) is 2.62. The summed E-state index contributed by atoms with van der Waals surface area (Å²) in [5, 5.41) is 0. The van der Waals surface area contributed by atoms with Crippen molar-refractivity contribution in [2.75, 3.05) is 20.8 Å². The summed E-state index contributed by atoms with van der Waals surface area (Å²) in [6.07, 6.45) is 0.429. The first-order valence-electron chi connectivity index (χ1n) is 7.76. The van der Waals surface area contributed by atoms with Crippen LogP contribution in [0.1, 0.15) is 24.2 Å². The zero-order valence-electron chi connectivity index (χ0n) is 14.2. The number of ether oxygens (including phenoxy) is 2. The molecule has 1 N–H and O–H groups in total. The molecule has 6 heteroatoms. The van der Waals surface area contributed by atoms with Gasteiger partial charge in [0.1, 0.15) is 5.75 Å². The van der Waals surface area contributed by atoms with Gasteiger partial charge in [-0.05, 0) is 30.2 Å². The lowest BCUT2D eigenvalue weighted by atomic mass is 10.1. The highest BCUT2D eigenvalue weighted by Gasteiger charge is 2.20. The van der Waals surface area contributed by atoms with E-state index in [0.717, 1.165) is 17.5 Å². The van der Waals surface area contributed by atoms with Gasteiger partial charge in [0.15, 0.2) is 0 Å². The van der Waals surface area contributed by atoms with E-state index in [0.29, 0.717) is 5.75 Å². The van der Waals surface area contributed by atoms with Gasteiger partial charge >= 0.3 is 0 Å². The number of hydrogen-bond acceptors (Lipinski definition) is 4. The maximum Gasteiger partial charge on any atom is 0.240 e. The lowest BCUT2D eigenvalue weighted by Crippen LogP contribution is -2.29. The van der Waals surface area contributed by atoms with E-state index in [-0.39, 0.29) is 11.4 Å². The van der Waals surface area contributed by atoms with Gasteiger partial charge < -0.3 is 9.47 Å². The molecule has 0 radical (unpaired) electrons. The molecular formula is C18H23NO4S.